The van der Waals surface area contributed by atoms with Crippen LogP contribution in [-0.4, -0.2) is 43.8 Å². The maximum atomic E-state index is 5.86. The van der Waals surface area contributed by atoms with E-state index in [1.54, 1.807) is 0 Å². The highest BCUT2D eigenvalue weighted by atomic mass is 32.1. The van der Waals surface area contributed by atoms with Gasteiger partial charge in [0.2, 0.25) is 0 Å². The van der Waals surface area contributed by atoms with Gasteiger partial charge >= 0.3 is 0 Å². The summed E-state index contributed by atoms with van der Waals surface area (Å²) in [5.41, 5.74) is 0. The number of nitrogens with zero attached hydrogens (tertiary/aromatic N) is 1. The molecule has 2 atom stereocenters. The van der Waals surface area contributed by atoms with E-state index in [4.69, 9.17) is 4.74 Å². The van der Waals surface area contributed by atoms with Crippen LogP contribution in [0.3, 0.4) is 0 Å². The van der Waals surface area contributed by atoms with Gasteiger partial charge in [0.1, 0.15) is 0 Å². The van der Waals surface area contributed by atoms with Crippen LogP contribution in [0.15, 0.2) is 17.5 Å². The molecule has 1 aliphatic rings. The van der Waals surface area contributed by atoms with Crippen LogP contribution in [0, 0.1) is 5.92 Å². The highest BCUT2D eigenvalue weighted by molar-refractivity contribution is 7.10. The van der Waals surface area contributed by atoms with Gasteiger partial charge in [-0.3, -0.25) is 4.90 Å². The zero-order chi connectivity index (χ0) is 13.7. The Morgan fingerprint density at radius 3 is 3.00 bits per heavy atom. The summed E-state index contributed by atoms with van der Waals surface area (Å²) in [6.07, 6.45) is 0.329. The fourth-order valence-electron chi connectivity index (χ4n) is 2.58. The van der Waals surface area contributed by atoms with Gasteiger partial charge in [0, 0.05) is 30.6 Å². The van der Waals surface area contributed by atoms with Crippen LogP contribution in [0.25, 0.3) is 0 Å². The smallest absolute Gasteiger partial charge is 0.0826 e. The second kappa shape index (κ2) is 7.39. The Hall–Kier alpha value is -0.420. The Kier molecular flexibility index (Phi) is 5.82. The Labute approximate surface area is 121 Å². The molecule has 108 valence electrons. The Balaban J connectivity index is 1.85. The molecule has 0 spiro atoms. The van der Waals surface area contributed by atoms with Gasteiger partial charge in [-0.2, -0.15) is 0 Å². The lowest BCUT2D eigenvalue weighted by molar-refractivity contribution is -0.0269. The van der Waals surface area contributed by atoms with E-state index >= 15 is 0 Å². The monoisotopic (exact) mass is 282 g/mol. The van der Waals surface area contributed by atoms with Crippen molar-refractivity contribution in [2.75, 3.05) is 32.8 Å². The molecule has 1 saturated heterocycles. The van der Waals surface area contributed by atoms with Gasteiger partial charge in [-0.05, 0) is 23.9 Å². The van der Waals surface area contributed by atoms with Crippen LogP contribution >= 0.6 is 11.3 Å². The van der Waals surface area contributed by atoms with Crippen molar-refractivity contribution in [3.05, 3.63) is 22.4 Å². The number of hydrogen-bond acceptors (Lipinski definition) is 4. The number of nitrogens with one attached hydrogen (secondary N) is 1. The number of likely N-dealkylation sites (N-methyl/N-ethyl adjacent to an activating group) is 1. The van der Waals surface area contributed by atoms with E-state index in [-0.39, 0.29) is 0 Å². The molecule has 0 radical (unpaired) electrons. The van der Waals surface area contributed by atoms with Crippen molar-refractivity contribution in [2.24, 2.45) is 5.92 Å². The van der Waals surface area contributed by atoms with Crippen LogP contribution in [0.2, 0.25) is 0 Å². The third kappa shape index (κ3) is 4.28. The molecule has 1 aromatic heterocycles. The van der Waals surface area contributed by atoms with Crippen LogP contribution in [-0.2, 0) is 4.74 Å². The first kappa shape index (κ1) is 15.0. The molecule has 2 rings (SSSR count). The molecule has 0 aromatic carbocycles. The highest BCUT2D eigenvalue weighted by Crippen LogP contribution is 2.25. The lowest BCUT2D eigenvalue weighted by Gasteiger charge is -2.33. The molecule has 2 unspecified atom stereocenters. The standard InChI is InChI=1S/C15H26N2OS/c1-4-17-7-8-18-13(11-17)10-16-15(12(2)3)14-6-5-9-19-14/h5-6,9,12-13,15-16H,4,7-8,10-11H2,1-3H3. The summed E-state index contributed by atoms with van der Waals surface area (Å²) in [4.78, 5) is 3.89. The van der Waals surface area contributed by atoms with Gasteiger partial charge in [-0.15, -0.1) is 11.3 Å². The van der Waals surface area contributed by atoms with Crippen molar-refractivity contribution in [3.63, 3.8) is 0 Å². The van der Waals surface area contributed by atoms with Gasteiger partial charge in [-0.1, -0.05) is 26.8 Å². The van der Waals surface area contributed by atoms with Gasteiger partial charge in [0.05, 0.1) is 12.7 Å². The van der Waals surface area contributed by atoms with Crippen LogP contribution in [0.4, 0.5) is 0 Å². The zero-order valence-corrected chi connectivity index (χ0v) is 13.1. The largest absolute Gasteiger partial charge is 0.374 e. The van der Waals surface area contributed by atoms with Crippen LogP contribution in [0.5, 0.6) is 0 Å². The molecule has 0 saturated carbocycles. The summed E-state index contributed by atoms with van der Waals surface area (Å²) in [5.74, 6) is 0.601. The predicted molar refractivity (Wildman–Crippen MR) is 81.8 cm³/mol. The Morgan fingerprint density at radius 1 is 1.53 bits per heavy atom. The summed E-state index contributed by atoms with van der Waals surface area (Å²) >= 11 is 1.84. The summed E-state index contributed by atoms with van der Waals surface area (Å²) in [6, 6.07) is 4.80. The first-order valence-electron chi connectivity index (χ1n) is 7.31. The third-order valence-corrected chi connectivity index (χ3v) is 4.71. The Morgan fingerprint density at radius 2 is 2.37 bits per heavy atom. The van der Waals surface area contributed by atoms with Crippen LogP contribution in [0.1, 0.15) is 31.7 Å². The fourth-order valence-corrected chi connectivity index (χ4v) is 3.56. The zero-order valence-electron chi connectivity index (χ0n) is 12.3. The molecule has 19 heavy (non-hydrogen) atoms. The Bertz CT molecular complexity index is 353. The van der Waals surface area contributed by atoms with Gasteiger partial charge in [-0.25, -0.2) is 0 Å². The summed E-state index contributed by atoms with van der Waals surface area (Å²) in [7, 11) is 0. The minimum absolute atomic E-state index is 0.329. The summed E-state index contributed by atoms with van der Waals surface area (Å²) in [6.45, 7) is 11.8. The van der Waals surface area contributed by atoms with Crippen molar-refractivity contribution in [3.8, 4) is 0 Å². The predicted octanol–water partition coefficient (Wildman–Crippen LogP) is 2.76. The second-order valence-corrected chi connectivity index (χ2v) is 6.51. The van der Waals surface area contributed by atoms with Crippen molar-refractivity contribution in [1.82, 2.24) is 10.2 Å². The van der Waals surface area contributed by atoms with Crippen molar-refractivity contribution < 1.29 is 4.74 Å². The molecular formula is C15H26N2OS. The van der Waals surface area contributed by atoms with Crippen molar-refractivity contribution >= 4 is 11.3 Å². The molecule has 1 N–H and O–H groups in total. The van der Waals surface area contributed by atoms with E-state index in [1.807, 2.05) is 11.3 Å². The average Bonchev–Trinajstić information content (AvgIpc) is 2.93. The van der Waals surface area contributed by atoms with E-state index in [0.29, 0.717) is 18.1 Å². The van der Waals surface area contributed by atoms with Gasteiger partial charge in [0.15, 0.2) is 0 Å². The number of hydrogen-bond donors (Lipinski definition) is 1. The molecule has 3 nitrogen and oxygen atoms in total. The molecule has 0 amide bonds. The van der Waals surface area contributed by atoms with Gasteiger partial charge in [0.25, 0.3) is 0 Å². The molecule has 1 fully saturated rings. The molecule has 0 aliphatic carbocycles. The van der Waals surface area contributed by atoms with E-state index in [2.05, 4.69) is 48.5 Å². The normalized spacial score (nSPS) is 22.8. The average molecular weight is 282 g/mol. The minimum Gasteiger partial charge on any atom is -0.374 e. The minimum atomic E-state index is 0.329. The number of morpholine rings is 1. The lowest BCUT2D eigenvalue weighted by atomic mass is 10.0. The maximum Gasteiger partial charge on any atom is 0.0826 e. The summed E-state index contributed by atoms with van der Waals surface area (Å²) in [5, 5.41) is 5.85. The van der Waals surface area contributed by atoms with E-state index in [1.165, 1.54) is 4.88 Å². The van der Waals surface area contributed by atoms with E-state index < -0.39 is 0 Å². The van der Waals surface area contributed by atoms with Crippen molar-refractivity contribution in [1.29, 1.82) is 0 Å². The number of rotatable bonds is 6. The summed E-state index contributed by atoms with van der Waals surface area (Å²) < 4.78 is 5.86. The first-order chi connectivity index (χ1) is 9.20. The third-order valence-electron chi connectivity index (χ3n) is 3.75. The molecule has 1 aromatic rings. The van der Waals surface area contributed by atoms with E-state index in [0.717, 1.165) is 32.8 Å². The first-order valence-corrected chi connectivity index (χ1v) is 8.19. The fraction of sp³-hybridized carbons (Fsp3) is 0.733. The highest BCUT2D eigenvalue weighted by Gasteiger charge is 2.22. The lowest BCUT2D eigenvalue weighted by Crippen LogP contribution is -2.47. The number of ether oxygens (including phenoxy) is 1. The molecule has 4 heteroatoms. The molecule has 0 bridgehead atoms. The van der Waals surface area contributed by atoms with Gasteiger partial charge < -0.3 is 10.1 Å². The number of thiophene rings is 1. The molecular weight excluding hydrogens is 256 g/mol. The van der Waals surface area contributed by atoms with Crippen LogP contribution < -0.4 is 5.32 Å². The SMILES string of the molecule is CCN1CCOC(CNC(c2cccs2)C(C)C)C1. The maximum absolute atomic E-state index is 5.86. The molecule has 1 aliphatic heterocycles. The quantitative estimate of drug-likeness (QED) is 0.868. The second-order valence-electron chi connectivity index (χ2n) is 5.53. The topological polar surface area (TPSA) is 24.5 Å². The molecule has 2 heterocycles. The van der Waals surface area contributed by atoms with E-state index in [9.17, 15) is 0 Å². The van der Waals surface area contributed by atoms with Crippen molar-refractivity contribution in [2.45, 2.75) is 32.9 Å².